The van der Waals surface area contributed by atoms with E-state index in [0.717, 1.165) is 49.7 Å². The Morgan fingerprint density at radius 1 is 1.07 bits per heavy atom. The smallest absolute Gasteiger partial charge is 0.222 e. The average Bonchev–Trinajstić information content (AvgIpc) is 3.10. The predicted molar refractivity (Wildman–Crippen MR) is 116 cm³/mol. The van der Waals surface area contributed by atoms with Crippen LogP contribution in [0.2, 0.25) is 0 Å². The Balaban J connectivity index is 1.26. The fourth-order valence-electron chi connectivity index (χ4n) is 3.86. The van der Waals surface area contributed by atoms with E-state index in [-0.39, 0.29) is 5.91 Å². The van der Waals surface area contributed by atoms with Gasteiger partial charge < -0.3 is 4.90 Å². The van der Waals surface area contributed by atoms with Gasteiger partial charge in [0.1, 0.15) is 5.01 Å². The Morgan fingerprint density at radius 3 is 2.61 bits per heavy atom. The fourth-order valence-corrected chi connectivity index (χ4v) is 4.87. The van der Waals surface area contributed by atoms with Crippen LogP contribution in [0.15, 0.2) is 42.5 Å². The summed E-state index contributed by atoms with van der Waals surface area (Å²) in [6.07, 6.45) is 1.43. The number of para-hydroxylation sites is 1. The van der Waals surface area contributed by atoms with Crippen LogP contribution in [-0.2, 0) is 17.8 Å². The number of aromatic nitrogens is 1. The second-order valence-electron chi connectivity index (χ2n) is 7.66. The quantitative estimate of drug-likeness (QED) is 0.652. The molecular formula is C23H27N3OS. The number of hydrogen-bond donors (Lipinski definition) is 0. The summed E-state index contributed by atoms with van der Waals surface area (Å²) >= 11 is 1.77. The van der Waals surface area contributed by atoms with Crippen molar-refractivity contribution in [2.24, 2.45) is 0 Å². The molecule has 0 atom stereocenters. The molecule has 1 saturated heterocycles. The maximum atomic E-state index is 12.6. The first-order valence-electron chi connectivity index (χ1n) is 9.99. The third-order valence-electron chi connectivity index (χ3n) is 5.53. The van der Waals surface area contributed by atoms with Gasteiger partial charge in [-0.15, -0.1) is 11.3 Å². The number of rotatable bonds is 5. The van der Waals surface area contributed by atoms with E-state index in [9.17, 15) is 4.79 Å². The van der Waals surface area contributed by atoms with Gasteiger partial charge in [-0.05, 0) is 43.5 Å². The van der Waals surface area contributed by atoms with Crippen LogP contribution in [-0.4, -0.2) is 46.9 Å². The van der Waals surface area contributed by atoms with Crippen molar-refractivity contribution in [1.29, 1.82) is 0 Å². The molecule has 0 saturated carbocycles. The summed E-state index contributed by atoms with van der Waals surface area (Å²) in [4.78, 5) is 21.8. The number of carbonyl (C=O) groups excluding carboxylic acids is 1. The van der Waals surface area contributed by atoms with Gasteiger partial charge in [-0.2, -0.15) is 0 Å². The predicted octanol–water partition coefficient (Wildman–Crippen LogP) is 4.19. The van der Waals surface area contributed by atoms with Crippen molar-refractivity contribution in [1.82, 2.24) is 14.8 Å². The highest BCUT2D eigenvalue weighted by Gasteiger charge is 2.21. The highest BCUT2D eigenvalue weighted by atomic mass is 32.1. The molecule has 1 aliphatic rings. The molecule has 28 heavy (non-hydrogen) atoms. The zero-order valence-corrected chi connectivity index (χ0v) is 17.5. The topological polar surface area (TPSA) is 36.4 Å². The van der Waals surface area contributed by atoms with Gasteiger partial charge in [-0.1, -0.05) is 35.9 Å². The van der Waals surface area contributed by atoms with Gasteiger partial charge in [0, 0.05) is 32.6 Å². The molecule has 1 aliphatic heterocycles. The molecule has 0 spiro atoms. The van der Waals surface area contributed by atoms with E-state index in [1.807, 2.05) is 11.0 Å². The number of piperazine rings is 1. The minimum absolute atomic E-state index is 0.277. The Labute approximate surface area is 170 Å². The van der Waals surface area contributed by atoms with Gasteiger partial charge in [0.25, 0.3) is 0 Å². The van der Waals surface area contributed by atoms with Gasteiger partial charge in [-0.25, -0.2) is 4.98 Å². The lowest BCUT2D eigenvalue weighted by Gasteiger charge is -2.34. The Hall–Kier alpha value is -2.24. The molecule has 2 aromatic carbocycles. The first-order valence-corrected chi connectivity index (χ1v) is 10.8. The molecule has 0 unspecified atom stereocenters. The van der Waals surface area contributed by atoms with Gasteiger partial charge in [0.2, 0.25) is 5.91 Å². The number of aryl methyl sites for hydroxylation is 3. The molecular weight excluding hydrogens is 366 g/mol. The molecule has 146 valence electrons. The van der Waals surface area contributed by atoms with Crippen molar-refractivity contribution in [3.8, 4) is 0 Å². The average molecular weight is 394 g/mol. The van der Waals surface area contributed by atoms with Gasteiger partial charge in [0.05, 0.1) is 16.8 Å². The minimum atomic E-state index is 0.277. The highest BCUT2D eigenvalue weighted by Crippen LogP contribution is 2.23. The van der Waals surface area contributed by atoms with Crippen molar-refractivity contribution in [3.05, 3.63) is 64.2 Å². The van der Waals surface area contributed by atoms with Crippen LogP contribution in [0, 0.1) is 13.8 Å². The molecule has 1 aromatic heterocycles. The third kappa shape index (κ3) is 4.42. The number of thiazole rings is 1. The number of benzene rings is 2. The lowest BCUT2D eigenvalue weighted by Crippen LogP contribution is -2.48. The Bertz CT molecular complexity index is 940. The van der Waals surface area contributed by atoms with E-state index in [4.69, 9.17) is 4.98 Å². The molecule has 0 bridgehead atoms. The number of fused-ring (bicyclic) bond motifs is 1. The summed E-state index contributed by atoms with van der Waals surface area (Å²) in [7, 11) is 0. The van der Waals surface area contributed by atoms with Crippen molar-refractivity contribution in [2.75, 3.05) is 26.2 Å². The maximum absolute atomic E-state index is 12.6. The summed E-state index contributed by atoms with van der Waals surface area (Å²) in [5, 5.41) is 1.16. The number of carbonyl (C=O) groups is 1. The van der Waals surface area contributed by atoms with Crippen LogP contribution in [0.4, 0.5) is 0 Å². The number of amides is 1. The molecule has 4 rings (SSSR count). The zero-order valence-electron chi connectivity index (χ0n) is 16.6. The van der Waals surface area contributed by atoms with Crippen LogP contribution >= 0.6 is 11.3 Å². The van der Waals surface area contributed by atoms with Crippen molar-refractivity contribution in [3.63, 3.8) is 0 Å². The van der Waals surface area contributed by atoms with E-state index in [1.165, 1.54) is 21.4 Å². The molecule has 0 radical (unpaired) electrons. The monoisotopic (exact) mass is 393 g/mol. The summed E-state index contributed by atoms with van der Waals surface area (Å²) < 4.78 is 1.25. The summed E-state index contributed by atoms with van der Waals surface area (Å²) in [6, 6.07) is 14.8. The Kier molecular flexibility index (Phi) is 5.74. The van der Waals surface area contributed by atoms with Gasteiger partial charge in [-0.3, -0.25) is 9.69 Å². The van der Waals surface area contributed by atoms with Crippen molar-refractivity contribution < 1.29 is 4.79 Å². The summed E-state index contributed by atoms with van der Waals surface area (Å²) in [5.74, 6) is 0.277. The second-order valence-corrected chi connectivity index (χ2v) is 8.78. The highest BCUT2D eigenvalue weighted by molar-refractivity contribution is 7.18. The normalized spacial score (nSPS) is 15.3. The third-order valence-corrected chi connectivity index (χ3v) is 6.55. The first-order chi connectivity index (χ1) is 13.6. The van der Waals surface area contributed by atoms with E-state index >= 15 is 0 Å². The molecule has 0 N–H and O–H groups in total. The molecule has 1 amide bonds. The van der Waals surface area contributed by atoms with E-state index < -0.39 is 0 Å². The second kappa shape index (κ2) is 8.41. The lowest BCUT2D eigenvalue weighted by molar-refractivity contribution is -0.133. The standard InChI is InChI=1S/C23H27N3OS/c1-17-7-8-19(18(2)15-17)9-10-23(27)26-13-11-25(12-14-26)16-22-24-20-5-3-4-6-21(20)28-22/h3-8,15H,9-14,16H2,1-2H3. The zero-order chi connectivity index (χ0) is 19.5. The SMILES string of the molecule is Cc1ccc(CCC(=O)N2CCN(Cc3nc4ccccc4s3)CC2)c(C)c1. The molecule has 0 aliphatic carbocycles. The van der Waals surface area contributed by atoms with Crippen LogP contribution < -0.4 is 0 Å². The molecule has 4 nitrogen and oxygen atoms in total. The van der Waals surface area contributed by atoms with E-state index in [2.05, 4.69) is 55.1 Å². The number of hydrogen-bond acceptors (Lipinski definition) is 4. The fraction of sp³-hybridized carbons (Fsp3) is 0.391. The largest absolute Gasteiger partial charge is 0.340 e. The molecule has 3 aromatic rings. The van der Waals surface area contributed by atoms with E-state index in [1.54, 1.807) is 11.3 Å². The minimum Gasteiger partial charge on any atom is -0.340 e. The molecule has 2 heterocycles. The van der Waals surface area contributed by atoms with Crippen molar-refractivity contribution >= 4 is 27.5 Å². The van der Waals surface area contributed by atoms with Crippen LogP contribution in [0.25, 0.3) is 10.2 Å². The molecule has 5 heteroatoms. The van der Waals surface area contributed by atoms with Gasteiger partial charge in [0.15, 0.2) is 0 Å². The summed E-state index contributed by atoms with van der Waals surface area (Å²) in [5.41, 5.74) is 4.93. The van der Waals surface area contributed by atoms with E-state index in [0.29, 0.717) is 6.42 Å². The molecule has 1 fully saturated rings. The Morgan fingerprint density at radius 2 is 1.86 bits per heavy atom. The van der Waals surface area contributed by atoms with Gasteiger partial charge >= 0.3 is 0 Å². The maximum Gasteiger partial charge on any atom is 0.222 e. The number of nitrogens with zero attached hydrogens (tertiary/aromatic N) is 3. The van der Waals surface area contributed by atoms with Crippen LogP contribution in [0.3, 0.4) is 0 Å². The van der Waals surface area contributed by atoms with Crippen LogP contribution in [0.1, 0.15) is 28.1 Å². The van der Waals surface area contributed by atoms with Crippen molar-refractivity contribution in [2.45, 2.75) is 33.2 Å². The summed E-state index contributed by atoms with van der Waals surface area (Å²) in [6.45, 7) is 8.59. The lowest BCUT2D eigenvalue weighted by atomic mass is 10.0. The van der Waals surface area contributed by atoms with Crippen LogP contribution in [0.5, 0.6) is 0 Å². The first kappa shape index (κ1) is 19.1.